The van der Waals surface area contributed by atoms with E-state index in [0.717, 1.165) is 28.0 Å². The average molecular weight is 463 g/mol. The van der Waals surface area contributed by atoms with Crippen LogP contribution in [0.3, 0.4) is 0 Å². The molecule has 4 rings (SSSR count). The molecule has 170 valence electrons. The number of rotatable bonds is 9. The lowest BCUT2D eigenvalue weighted by molar-refractivity contribution is -0.148. The molecule has 2 aromatic carbocycles. The molecule has 3 aromatic rings. The number of aliphatic carboxylic acids is 1. The highest BCUT2D eigenvalue weighted by atomic mass is 32.1. The highest BCUT2D eigenvalue weighted by Gasteiger charge is 2.45. The van der Waals surface area contributed by atoms with E-state index in [1.165, 1.54) is 12.5 Å². The van der Waals surface area contributed by atoms with Crippen LogP contribution in [0, 0.1) is 12.3 Å². The van der Waals surface area contributed by atoms with Crippen molar-refractivity contribution in [3.05, 3.63) is 86.6 Å². The molecule has 1 aliphatic carbocycles. The van der Waals surface area contributed by atoms with Crippen molar-refractivity contribution in [2.24, 2.45) is 5.41 Å². The normalized spacial score (nSPS) is 14.0. The summed E-state index contributed by atoms with van der Waals surface area (Å²) < 4.78 is 5.89. The number of benzene rings is 2. The molecular weight excluding hydrogens is 436 g/mol. The highest BCUT2D eigenvalue weighted by molar-refractivity contribution is 7.16. The fourth-order valence-electron chi connectivity index (χ4n) is 4.45. The van der Waals surface area contributed by atoms with E-state index in [2.05, 4.69) is 6.07 Å². The molecule has 1 N–H and O–H groups in total. The number of hydrogen-bond donors (Lipinski definition) is 1. The smallest absolute Gasteiger partial charge is 0.310 e. The number of carboxylic acids is 1. The zero-order valence-electron chi connectivity index (χ0n) is 18.7. The second kappa shape index (κ2) is 9.32. The van der Waals surface area contributed by atoms with Crippen LogP contribution in [0.4, 0.5) is 0 Å². The highest BCUT2D eigenvalue weighted by Crippen LogP contribution is 2.42. The van der Waals surface area contributed by atoms with Crippen molar-refractivity contribution >= 4 is 28.9 Å². The molecule has 0 fully saturated rings. The summed E-state index contributed by atoms with van der Waals surface area (Å²) in [7, 11) is 0. The third-order valence-corrected chi connectivity index (χ3v) is 7.41. The third kappa shape index (κ3) is 4.91. The van der Waals surface area contributed by atoms with Gasteiger partial charge in [-0.25, -0.2) is 0 Å². The minimum Gasteiger partial charge on any atom is -0.492 e. The summed E-state index contributed by atoms with van der Waals surface area (Å²) >= 11 is 1.09. The lowest BCUT2D eigenvalue weighted by Crippen LogP contribution is -2.34. The molecule has 1 aliphatic rings. The molecule has 1 heterocycles. The van der Waals surface area contributed by atoms with Crippen LogP contribution >= 0.6 is 11.3 Å². The maximum atomic E-state index is 13.2. The summed E-state index contributed by atoms with van der Waals surface area (Å²) in [4.78, 5) is 38.3. The van der Waals surface area contributed by atoms with Gasteiger partial charge in [0, 0.05) is 25.8 Å². The third-order valence-electron chi connectivity index (χ3n) is 6.15. The number of carbonyl (C=O) groups excluding carboxylic acids is 2. The molecule has 0 amide bonds. The summed E-state index contributed by atoms with van der Waals surface area (Å²) in [6.45, 7) is 3.85. The standard InChI is InChI=1S/C27H26O5S/c1-17-6-5-7-19(12-17)10-11-32-23-13-24(33-25(23)18(2)28)22(29)16-27(26(30)31)14-20-8-3-4-9-21(20)15-27/h3-9,12-13H,10-11,14-16H2,1-2H3,(H,30,31). The molecule has 0 saturated carbocycles. The molecule has 6 heteroatoms. The Labute approximate surface area is 197 Å². The molecule has 0 saturated heterocycles. The van der Waals surface area contributed by atoms with E-state index in [1.54, 1.807) is 6.07 Å². The summed E-state index contributed by atoms with van der Waals surface area (Å²) in [5.74, 6) is -1.02. The topological polar surface area (TPSA) is 80.7 Å². The van der Waals surface area contributed by atoms with Crippen molar-refractivity contribution in [3.63, 3.8) is 0 Å². The van der Waals surface area contributed by atoms with Gasteiger partial charge < -0.3 is 9.84 Å². The largest absolute Gasteiger partial charge is 0.492 e. The monoisotopic (exact) mass is 462 g/mol. The lowest BCUT2D eigenvalue weighted by Gasteiger charge is -2.22. The van der Waals surface area contributed by atoms with Crippen molar-refractivity contribution in [3.8, 4) is 5.75 Å². The average Bonchev–Trinajstić information content (AvgIpc) is 3.36. The Bertz CT molecular complexity index is 1200. The van der Waals surface area contributed by atoms with E-state index in [1.807, 2.05) is 49.4 Å². The molecule has 33 heavy (non-hydrogen) atoms. The van der Waals surface area contributed by atoms with Crippen molar-refractivity contribution in [2.75, 3.05) is 6.61 Å². The maximum Gasteiger partial charge on any atom is 0.310 e. The predicted octanol–water partition coefficient (Wildman–Crippen LogP) is 5.32. The number of hydrogen-bond acceptors (Lipinski definition) is 5. The quantitative estimate of drug-likeness (QED) is 0.435. The second-order valence-electron chi connectivity index (χ2n) is 8.76. The van der Waals surface area contributed by atoms with Gasteiger partial charge in [-0.05, 0) is 36.5 Å². The fraction of sp³-hybridized carbons (Fsp3) is 0.296. The van der Waals surface area contributed by atoms with Crippen molar-refractivity contribution in [1.82, 2.24) is 0 Å². The van der Waals surface area contributed by atoms with Crippen LogP contribution in [0.2, 0.25) is 0 Å². The molecule has 0 radical (unpaired) electrons. The van der Waals surface area contributed by atoms with Crippen molar-refractivity contribution in [1.29, 1.82) is 0 Å². The molecular formula is C27H26O5S. The molecule has 0 bridgehead atoms. The zero-order chi connectivity index (χ0) is 23.6. The Kier molecular flexibility index (Phi) is 6.47. The molecule has 0 spiro atoms. The number of aryl methyl sites for hydroxylation is 1. The minimum atomic E-state index is -1.16. The van der Waals surface area contributed by atoms with Crippen molar-refractivity contribution < 1.29 is 24.2 Å². The van der Waals surface area contributed by atoms with Crippen LogP contribution in [-0.4, -0.2) is 29.2 Å². The first kappa shape index (κ1) is 22.9. The van der Waals surface area contributed by atoms with Crippen molar-refractivity contribution in [2.45, 2.75) is 39.5 Å². The molecule has 0 unspecified atom stereocenters. The SMILES string of the molecule is CC(=O)c1sc(C(=O)CC2(C(=O)O)Cc3ccccc3C2)cc1OCCc1cccc(C)c1. The Hall–Kier alpha value is -3.25. The van der Waals surface area contributed by atoms with Gasteiger partial charge in [-0.15, -0.1) is 11.3 Å². The molecule has 0 aliphatic heterocycles. The van der Waals surface area contributed by atoms with E-state index in [9.17, 15) is 19.5 Å². The van der Waals surface area contributed by atoms with Gasteiger partial charge in [-0.3, -0.25) is 14.4 Å². The van der Waals surface area contributed by atoms with E-state index >= 15 is 0 Å². The fourth-order valence-corrected chi connectivity index (χ4v) is 5.39. The number of thiophene rings is 1. The van der Waals surface area contributed by atoms with E-state index in [0.29, 0.717) is 41.4 Å². The number of carbonyl (C=O) groups is 3. The van der Waals surface area contributed by atoms with Gasteiger partial charge in [0.25, 0.3) is 0 Å². The first-order chi connectivity index (χ1) is 15.8. The van der Waals surface area contributed by atoms with Crippen LogP contribution in [0.1, 0.15) is 54.9 Å². The first-order valence-corrected chi connectivity index (χ1v) is 11.8. The number of ketones is 2. The lowest BCUT2D eigenvalue weighted by atomic mass is 9.79. The van der Waals surface area contributed by atoms with Crippen LogP contribution in [-0.2, 0) is 24.1 Å². The summed E-state index contributed by atoms with van der Waals surface area (Å²) in [6.07, 6.45) is 1.22. The van der Waals surface area contributed by atoms with Gasteiger partial charge >= 0.3 is 5.97 Å². The van der Waals surface area contributed by atoms with Crippen LogP contribution in [0.15, 0.2) is 54.6 Å². The molecule has 5 nitrogen and oxygen atoms in total. The van der Waals surface area contributed by atoms with Gasteiger partial charge in [-0.2, -0.15) is 0 Å². The predicted molar refractivity (Wildman–Crippen MR) is 128 cm³/mol. The first-order valence-electron chi connectivity index (χ1n) is 10.9. The Morgan fingerprint density at radius 3 is 2.33 bits per heavy atom. The Balaban J connectivity index is 1.49. The Morgan fingerprint density at radius 2 is 1.73 bits per heavy atom. The van der Waals surface area contributed by atoms with Gasteiger partial charge in [0.05, 0.1) is 16.9 Å². The number of fused-ring (bicyclic) bond motifs is 1. The summed E-state index contributed by atoms with van der Waals surface area (Å²) in [5, 5.41) is 10.00. The van der Waals surface area contributed by atoms with E-state index in [4.69, 9.17) is 4.74 Å². The molecule has 0 atom stereocenters. The zero-order valence-corrected chi connectivity index (χ0v) is 19.5. The van der Waals surface area contributed by atoms with Crippen LogP contribution in [0.25, 0.3) is 0 Å². The van der Waals surface area contributed by atoms with Gasteiger partial charge in [-0.1, -0.05) is 54.1 Å². The van der Waals surface area contributed by atoms with Gasteiger partial charge in [0.2, 0.25) is 0 Å². The number of Topliss-reactive ketones (excluding diaryl/α,β-unsaturated/α-hetero) is 2. The van der Waals surface area contributed by atoms with Crippen LogP contribution < -0.4 is 4.74 Å². The van der Waals surface area contributed by atoms with E-state index in [-0.39, 0.29) is 18.0 Å². The maximum absolute atomic E-state index is 13.2. The number of carboxylic acid groups (broad SMARTS) is 1. The van der Waals surface area contributed by atoms with Gasteiger partial charge in [0.1, 0.15) is 10.6 Å². The minimum absolute atomic E-state index is 0.113. The number of ether oxygens (including phenoxy) is 1. The van der Waals surface area contributed by atoms with E-state index < -0.39 is 11.4 Å². The second-order valence-corrected chi connectivity index (χ2v) is 9.81. The van der Waals surface area contributed by atoms with Gasteiger partial charge in [0.15, 0.2) is 11.6 Å². The summed E-state index contributed by atoms with van der Waals surface area (Å²) in [6, 6.07) is 17.3. The summed E-state index contributed by atoms with van der Waals surface area (Å²) in [5.41, 5.74) is 3.09. The molecule has 1 aromatic heterocycles. The Morgan fingerprint density at radius 1 is 1.03 bits per heavy atom. The van der Waals surface area contributed by atoms with Crippen LogP contribution in [0.5, 0.6) is 5.75 Å².